The third-order valence-corrected chi connectivity index (χ3v) is 5.70. The molecule has 1 aliphatic heterocycles. The Bertz CT molecular complexity index is 715. The number of piperidine rings is 1. The molecule has 25 heavy (non-hydrogen) atoms. The number of carbonyl (C=O) groups excluding carboxylic acids is 1. The van der Waals surface area contributed by atoms with Gasteiger partial charge in [-0.1, -0.05) is 54.6 Å². The summed E-state index contributed by atoms with van der Waals surface area (Å²) in [6.07, 6.45) is 2.33. The van der Waals surface area contributed by atoms with Gasteiger partial charge in [0.1, 0.15) is 0 Å². The van der Waals surface area contributed by atoms with Crippen LogP contribution in [0.4, 0.5) is 4.79 Å². The van der Waals surface area contributed by atoms with Crippen molar-refractivity contribution in [2.24, 2.45) is 17.6 Å². The molecule has 130 valence electrons. The number of hydrogen-bond acceptors (Lipinski definition) is 2. The van der Waals surface area contributed by atoms with E-state index in [1.54, 1.807) is 0 Å². The number of nitrogens with zero attached hydrogens (tertiary/aromatic N) is 1. The van der Waals surface area contributed by atoms with E-state index in [1.165, 1.54) is 11.1 Å². The van der Waals surface area contributed by atoms with Gasteiger partial charge in [-0.2, -0.15) is 0 Å². The number of nitrogens with one attached hydrogen (secondary N) is 1. The maximum Gasteiger partial charge on any atom is 0.317 e. The molecule has 4 rings (SSSR count). The van der Waals surface area contributed by atoms with Gasteiger partial charge in [0, 0.05) is 25.7 Å². The zero-order valence-corrected chi connectivity index (χ0v) is 14.4. The van der Waals surface area contributed by atoms with Gasteiger partial charge in [0.15, 0.2) is 0 Å². The Labute approximate surface area is 149 Å². The highest BCUT2D eigenvalue weighted by molar-refractivity contribution is 5.74. The summed E-state index contributed by atoms with van der Waals surface area (Å²) < 4.78 is 0. The van der Waals surface area contributed by atoms with E-state index >= 15 is 0 Å². The summed E-state index contributed by atoms with van der Waals surface area (Å²) in [6, 6.07) is 19.0. The van der Waals surface area contributed by atoms with E-state index in [2.05, 4.69) is 41.7 Å². The van der Waals surface area contributed by atoms with Crippen LogP contribution in [0.25, 0.3) is 11.1 Å². The largest absolute Gasteiger partial charge is 0.334 e. The molecule has 2 bridgehead atoms. The molecular formula is C21H25N3O. The van der Waals surface area contributed by atoms with Gasteiger partial charge in [-0.3, -0.25) is 0 Å². The summed E-state index contributed by atoms with van der Waals surface area (Å²) in [5, 5.41) is 3.06. The van der Waals surface area contributed by atoms with Crippen molar-refractivity contribution in [3.05, 3.63) is 60.2 Å². The lowest BCUT2D eigenvalue weighted by molar-refractivity contribution is 0.150. The van der Waals surface area contributed by atoms with Crippen LogP contribution in [-0.2, 0) is 6.54 Å². The molecular weight excluding hydrogens is 310 g/mol. The molecule has 2 amide bonds. The van der Waals surface area contributed by atoms with Crippen LogP contribution in [0.2, 0.25) is 0 Å². The minimum atomic E-state index is 0.0379. The Balaban J connectivity index is 1.33. The Morgan fingerprint density at radius 2 is 1.56 bits per heavy atom. The Kier molecular flexibility index (Phi) is 4.45. The summed E-state index contributed by atoms with van der Waals surface area (Å²) in [5.41, 5.74) is 9.73. The highest BCUT2D eigenvalue weighted by Gasteiger charge is 2.41. The number of benzene rings is 2. The molecule has 0 radical (unpaired) electrons. The molecule has 2 unspecified atom stereocenters. The zero-order valence-electron chi connectivity index (χ0n) is 14.4. The molecule has 2 aliphatic rings. The summed E-state index contributed by atoms with van der Waals surface area (Å²) >= 11 is 0. The number of urea groups is 1. The molecule has 1 saturated carbocycles. The fourth-order valence-electron chi connectivity index (χ4n) is 4.17. The highest BCUT2D eigenvalue weighted by Crippen LogP contribution is 2.35. The molecule has 4 nitrogen and oxygen atoms in total. The number of fused-ring (bicyclic) bond motifs is 2. The van der Waals surface area contributed by atoms with Crippen LogP contribution in [0.5, 0.6) is 0 Å². The van der Waals surface area contributed by atoms with Crippen molar-refractivity contribution in [3.63, 3.8) is 0 Å². The van der Waals surface area contributed by atoms with Gasteiger partial charge in [-0.05, 0) is 41.4 Å². The van der Waals surface area contributed by atoms with Crippen molar-refractivity contribution in [2.75, 3.05) is 13.1 Å². The molecule has 1 saturated heterocycles. The summed E-state index contributed by atoms with van der Waals surface area (Å²) in [5.74, 6) is 0.962. The smallest absolute Gasteiger partial charge is 0.317 e. The number of likely N-dealkylation sites (tertiary alicyclic amines) is 1. The van der Waals surface area contributed by atoms with Crippen molar-refractivity contribution < 1.29 is 4.79 Å². The third-order valence-electron chi connectivity index (χ3n) is 5.70. The first-order valence-electron chi connectivity index (χ1n) is 9.13. The Morgan fingerprint density at radius 3 is 2.20 bits per heavy atom. The van der Waals surface area contributed by atoms with E-state index in [-0.39, 0.29) is 12.1 Å². The maximum atomic E-state index is 12.5. The van der Waals surface area contributed by atoms with E-state index in [1.807, 2.05) is 23.1 Å². The van der Waals surface area contributed by atoms with Gasteiger partial charge in [0.25, 0.3) is 0 Å². The Hall–Kier alpha value is -2.33. The lowest BCUT2D eigenvalue weighted by Gasteiger charge is -2.36. The van der Waals surface area contributed by atoms with Crippen LogP contribution in [0.15, 0.2) is 54.6 Å². The molecule has 2 fully saturated rings. The molecule has 1 aliphatic carbocycles. The van der Waals surface area contributed by atoms with Gasteiger partial charge in [-0.15, -0.1) is 0 Å². The molecule has 4 heteroatoms. The SMILES string of the molecule is NC1C2CCC1CN(C(=O)NCc1ccc(-c3ccccc3)cc1)C2. The molecule has 2 aromatic carbocycles. The number of hydrogen-bond donors (Lipinski definition) is 2. The first-order valence-corrected chi connectivity index (χ1v) is 9.13. The number of rotatable bonds is 3. The molecule has 1 heterocycles. The quantitative estimate of drug-likeness (QED) is 0.905. The van der Waals surface area contributed by atoms with E-state index in [0.29, 0.717) is 18.4 Å². The zero-order chi connectivity index (χ0) is 17.2. The van der Waals surface area contributed by atoms with Gasteiger partial charge >= 0.3 is 6.03 Å². The van der Waals surface area contributed by atoms with Crippen molar-refractivity contribution in [2.45, 2.75) is 25.4 Å². The first kappa shape index (κ1) is 16.2. The number of nitrogens with two attached hydrogens (primary N) is 1. The van der Waals surface area contributed by atoms with Gasteiger partial charge < -0.3 is 16.0 Å². The van der Waals surface area contributed by atoms with Crippen LogP contribution in [0.3, 0.4) is 0 Å². The van der Waals surface area contributed by atoms with Gasteiger partial charge in [0.05, 0.1) is 0 Å². The van der Waals surface area contributed by atoms with E-state index in [9.17, 15) is 4.79 Å². The second kappa shape index (κ2) is 6.89. The third kappa shape index (κ3) is 3.40. The summed E-state index contributed by atoms with van der Waals surface area (Å²) in [6.45, 7) is 2.17. The van der Waals surface area contributed by atoms with E-state index in [0.717, 1.165) is 31.5 Å². The van der Waals surface area contributed by atoms with Crippen LogP contribution in [0, 0.1) is 11.8 Å². The second-order valence-corrected chi connectivity index (χ2v) is 7.30. The highest BCUT2D eigenvalue weighted by atomic mass is 16.2. The molecule has 2 aromatic rings. The monoisotopic (exact) mass is 335 g/mol. The molecule has 0 spiro atoms. The maximum absolute atomic E-state index is 12.5. The average molecular weight is 335 g/mol. The topological polar surface area (TPSA) is 58.4 Å². The van der Waals surface area contributed by atoms with E-state index < -0.39 is 0 Å². The van der Waals surface area contributed by atoms with Gasteiger partial charge in [-0.25, -0.2) is 4.79 Å². The minimum absolute atomic E-state index is 0.0379. The normalized spacial score (nSPS) is 25.0. The van der Waals surface area contributed by atoms with Crippen LogP contribution in [0.1, 0.15) is 18.4 Å². The van der Waals surface area contributed by atoms with Crippen LogP contribution < -0.4 is 11.1 Å². The van der Waals surface area contributed by atoms with E-state index in [4.69, 9.17) is 5.73 Å². The molecule has 3 N–H and O–H groups in total. The summed E-state index contributed by atoms with van der Waals surface area (Å²) in [4.78, 5) is 14.4. The van der Waals surface area contributed by atoms with Gasteiger partial charge in [0.2, 0.25) is 0 Å². The standard InChI is InChI=1S/C21H25N3O/c22-20-18-10-11-19(20)14-24(13-18)21(25)23-12-15-6-8-17(9-7-15)16-4-2-1-3-5-16/h1-9,18-20H,10-14,22H2,(H,23,25). The predicted molar refractivity (Wildman–Crippen MR) is 99.9 cm³/mol. The molecule has 2 atom stereocenters. The van der Waals surface area contributed by atoms with Crippen LogP contribution >= 0.6 is 0 Å². The molecule has 0 aromatic heterocycles. The second-order valence-electron chi connectivity index (χ2n) is 7.30. The predicted octanol–water partition coefficient (Wildman–Crippen LogP) is 3.23. The fraction of sp³-hybridized carbons (Fsp3) is 0.381. The lowest BCUT2D eigenvalue weighted by Crippen LogP contribution is -2.53. The Morgan fingerprint density at radius 1 is 0.960 bits per heavy atom. The van der Waals surface area contributed by atoms with Crippen molar-refractivity contribution in [1.29, 1.82) is 0 Å². The first-order chi connectivity index (χ1) is 12.2. The summed E-state index contributed by atoms with van der Waals surface area (Å²) in [7, 11) is 0. The lowest BCUT2D eigenvalue weighted by atomic mass is 9.93. The average Bonchev–Trinajstić information content (AvgIpc) is 2.87. The van der Waals surface area contributed by atoms with Crippen molar-refractivity contribution >= 4 is 6.03 Å². The number of carbonyl (C=O) groups is 1. The number of amides is 2. The van der Waals surface area contributed by atoms with Crippen molar-refractivity contribution in [1.82, 2.24) is 10.2 Å². The minimum Gasteiger partial charge on any atom is -0.334 e. The van der Waals surface area contributed by atoms with Crippen LogP contribution in [-0.4, -0.2) is 30.1 Å². The fourth-order valence-corrected chi connectivity index (χ4v) is 4.17. The van der Waals surface area contributed by atoms with Crippen molar-refractivity contribution in [3.8, 4) is 11.1 Å².